The number of para-hydroxylation sites is 1. The van der Waals surface area contributed by atoms with Gasteiger partial charge in [-0.25, -0.2) is 0 Å². The summed E-state index contributed by atoms with van der Waals surface area (Å²) in [5.74, 6) is 1.67. The first-order valence-corrected chi connectivity index (χ1v) is 12.0. The monoisotopic (exact) mass is 403 g/mol. The number of piperidine rings is 3. The number of carbonyl (C=O) groups is 1. The van der Waals surface area contributed by atoms with Gasteiger partial charge in [0.15, 0.2) is 0 Å². The Labute approximate surface area is 179 Å². The molecule has 0 unspecified atom stereocenters. The van der Waals surface area contributed by atoms with E-state index in [1.165, 1.54) is 61.7 Å². The topological polar surface area (TPSA) is 28.5 Å². The van der Waals surface area contributed by atoms with Crippen molar-refractivity contribution < 1.29 is 4.79 Å². The molecule has 158 valence electrons. The number of aryl methyl sites for hydroxylation is 1. The van der Waals surface area contributed by atoms with E-state index in [0.717, 1.165) is 24.9 Å². The predicted octanol–water partition coefficient (Wildman–Crippen LogP) is 4.14. The van der Waals surface area contributed by atoms with Crippen LogP contribution >= 0.6 is 0 Å². The van der Waals surface area contributed by atoms with Gasteiger partial charge in [-0.15, -0.1) is 0 Å². The zero-order valence-corrected chi connectivity index (χ0v) is 18.1. The van der Waals surface area contributed by atoms with Crippen LogP contribution in [0.1, 0.15) is 44.1 Å². The van der Waals surface area contributed by atoms with Crippen molar-refractivity contribution in [2.45, 2.75) is 57.0 Å². The van der Waals surface area contributed by atoms with Crippen LogP contribution in [0.3, 0.4) is 0 Å². The van der Waals surface area contributed by atoms with E-state index in [1.807, 2.05) is 0 Å². The minimum Gasteiger partial charge on any atom is -0.350 e. The average Bonchev–Trinajstić information content (AvgIpc) is 3.09. The van der Waals surface area contributed by atoms with E-state index in [1.54, 1.807) is 5.57 Å². The highest BCUT2D eigenvalue weighted by Gasteiger charge is 2.46. The molecule has 4 aliphatic rings. The number of likely N-dealkylation sites (tertiary alicyclic amines) is 1. The van der Waals surface area contributed by atoms with E-state index in [2.05, 4.69) is 58.0 Å². The molecule has 1 aliphatic carbocycles. The van der Waals surface area contributed by atoms with Gasteiger partial charge in [-0.05, 0) is 62.1 Å². The van der Waals surface area contributed by atoms with Crippen LogP contribution < -0.4 is 0 Å². The summed E-state index contributed by atoms with van der Waals surface area (Å²) < 4.78 is 2.16. The summed E-state index contributed by atoms with van der Waals surface area (Å²) in [5.41, 5.74) is 3.96. The van der Waals surface area contributed by atoms with Gasteiger partial charge >= 0.3 is 0 Å². The molecule has 1 aromatic carbocycles. The summed E-state index contributed by atoms with van der Waals surface area (Å²) in [4.78, 5) is 18.6. The van der Waals surface area contributed by atoms with Crippen molar-refractivity contribution in [1.29, 1.82) is 0 Å². The zero-order valence-electron chi connectivity index (χ0n) is 18.1. The summed E-state index contributed by atoms with van der Waals surface area (Å²) in [6.07, 6.45) is 13.0. The molecule has 0 N–H and O–H groups in total. The van der Waals surface area contributed by atoms with Gasteiger partial charge in [0.05, 0.1) is 12.5 Å². The fourth-order valence-corrected chi connectivity index (χ4v) is 7.08. The largest absolute Gasteiger partial charge is 0.350 e. The Balaban J connectivity index is 1.28. The van der Waals surface area contributed by atoms with Crippen molar-refractivity contribution in [3.05, 3.63) is 47.7 Å². The standard InChI is InChI=1S/C26H33N3O/c1-27-16-20(22-8-2-3-10-24(22)27)15-25(30)29-12-6-7-18-13-19-14-21(26(18)29)17-28-11-5-4-9-23(19)28/h2-3,8,10,13,16,19,21,23,26H,4-7,9,11-12,14-15,17H2,1H3/t19-,21-,23+,26-/m0/s1. The van der Waals surface area contributed by atoms with Gasteiger partial charge in [0.2, 0.25) is 5.91 Å². The van der Waals surface area contributed by atoms with Crippen LogP contribution in [-0.2, 0) is 18.3 Å². The van der Waals surface area contributed by atoms with Crippen LogP contribution in [0.25, 0.3) is 10.9 Å². The molecule has 3 aliphatic heterocycles. The second-order valence-corrected chi connectivity index (χ2v) is 10.1. The molecule has 30 heavy (non-hydrogen) atoms. The first kappa shape index (κ1) is 18.7. The van der Waals surface area contributed by atoms with E-state index in [4.69, 9.17) is 0 Å². The Morgan fingerprint density at radius 1 is 1.13 bits per heavy atom. The summed E-state index contributed by atoms with van der Waals surface area (Å²) in [6.45, 7) is 3.38. The van der Waals surface area contributed by atoms with Gasteiger partial charge in [0, 0.05) is 43.3 Å². The molecule has 4 heterocycles. The van der Waals surface area contributed by atoms with E-state index in [-0.39, 0.29) is 0 Å². The molecular formula is C26H33N3O. The van der Waals surface area contributed by atoms with E-state index in [0.29, 0.717) is 24.3 Å². The van der Waals surface area contributed by atoms with Crippen LogP contribution in [0.5, 0.6) is 0 Å². The van der Waals surface area contributed by atoms with Crippen LogP contribution in [0, 0.1) is 11.8 Å². The second-order valence-electron chi connectivity index (χ2n) is 10.1. The van der Waals surface area contributed by atoms with Gasteiger partial charge in [0.1, 0.15) is 0 Å². The van der Waals surface area contributed by atoms with E-state index >= 15 is 0 Å². The Hall–Kier alpha value is -2.07. The minimum atomic E-state index is 0.321. The maximum absolute atomic E-state index is 13.6. The maximum atomic E-state index is 13.6. The van der Waals surface area contributed by atoms with Gasteiger partial charge in [-0.3, -0.25) is 9.69 Å². The molecule has 1 amide bonds. The lowest BCUT2D eigenvalue weighted by atomic mass is 9.68. The predicted molar refractivity (Wildman–Crippen MR) is 120 cm³/mol. The number of hydrogen-bond donors (Lipinski definition) is 0. The Morgan fingerprint density at radius 3 is 2.97 bits per heavy atom. The SMILES string of the molecule is Cn1cc(CC(=O)N2CCCC3=C[C@H]4C[C@@H](CN5CCCC[C@H]45)[C@H]32)c2ccccc21. The first-order valence-electron chi connectivity index (χ1n) is 12.0. The minimum absolute atomic E-state index is 0.321. The number of benzene rings is 1. The van der Waals surface area contributed by atoms with Crippen molar-refractivity contribution in [2.75, 3.05) is 19.6 Å². The van der Waals surface area contributed by atoms with Crippen molar-refractivity contribution in [2.24, 2.45) is 18.9 Å². The Morgan fingerprint density at radius 2 is 2.03 bits per heavy atom. The molecule has 1 aromatic heterocycles. The number of nitrogens with zero attached hydrogens (tertiary/aromatic N) is 3. The number of carbonyl (C=O) groups excluding carboxylic acids is 1. The lowest BCUT2D eigenvalue weighted by molar-refractivity contribution is -0.135. The summed E-state index contributed by atoms with van der Waals surface area (Å²) in [5, 5.41) is 1.22. The molecule has 2 aromatic rings. The van der Waals surface area contributed by atoms with E-state index in [9.17, 15) is 4.79 Å². The molecule has 2 bridgehead atoms. The van der Waals surface area contributed by atoms with Crippen LogP contribution in [0.2, 0.25) is 0 Å². The molecule has 0 spiro atoms. The lowest BCUT2D eigenvalue weighted by Gasteiger charge is -2.54. The van der Waals surface area contributed by atoms with Crippen LogP contribution in [0.15, 0.2) is 42.1 Å². The molecule has 4 heteroatoms. The molecule has 3 saturated heterocycles. The van der Waals surface area contributed by atoms with Gasteiger partial charge in [-0.2, -0.15) is 0 Å². The highest BCUT2D eigenvalue weighted by Crippen LogP contribution is 2.45. The fraction of sp³-hybridized carbons (Fsp3) is 0.577. The summed E-state index contributed by atoms with van der Waals surface area (Å²) in [7, 11) is 2.08. The highest BCUT2D eigenvalue weighted by atomic mass is 16.2. The molecule has 6 rings (SSSR count). The molecular weight excluding hydrogens is 370 g/mol. The molecule has 0 saturated carbocycles. The fourth-order valence-electron chi connectivity index (χ4n) is 7.08. The number of amides is 1. The third-order valence-corrected chi connectivity index (χ3v) is 8.30. The zero-order chi connectivity index (χ0) is 20.2. The summed E-state index contributed by atoms with van der Waals surface area (Å²) >= 11 is 0. The Kier molecular flexibility index (Phi) is 4.52. The highest BCUT2D eigenvalue weighted by molar-refractivity contribution is 5.89. The normalized spacial score (nSPS) is 31.2. The van der Waals surface area contributed by atoms with Crippen LogP contribution in [0.4, 0.5) is 0 Å². The lowest BCUT2D eigenvalue weighted by Crippen LogP contribution is -2.60. The van der Waals surface area contributed by atoms with Crippen LogP contribution in [-0.4, -0.2) is 52.0 Å². The number of fused-ring (bicyclic) bond motifs is 7. The van der Waals surface area contributed by atoms with Gasteiger partial charge < -0.3 is 9.47 Å². The van der Waals surface area contributed by atoms with Crippen molar-refractivity contribution in [3.63, 3.8) is 0 Å². The van der Waals surface area contributed by atoms with E-state index < -0.39 is 0 Å². The van der Waals surface area contributed by atoms with Crippen molar-refractivity contribution in [3.8, 4) is 0 Å². The van der Waals surface area contributed by atoms with Crippen molar-refractivity contribution >= 4 is 16.8 Å². The van der Waals surface area contributed by atoms with Gasteiger partial charge in [0.25, 0.3) is 0 Å². The van der Waals surface area contributed by atoms with Crippen molar-refractivity contribution in [1.82, 2.24) is 14.4 Å². The second kappa shape index (κ2) is 7.26. The summed E-state index contributed by atoms with van der Waals surface area (Å²) in [6, 6.07) is 9.57. The van der Waals surface area contributed by atoms with Gasteiger partial charge in [-0.1, -0.05) is 36.3 Å². The molecule has 3 fully saturated rings. The average molecular weight is 404 g/mol. The molecule has 0 radical (unpaired) electrons. The number of rotatable bonds is 2. The first-order chi connectivity index (χ1) is 14.7. The third kappa shape index (κ3) is 2.95. The number of aromatic nitrogens is 1. The maximum Gasteiger partial charge on any atom is 0.227 e. The molecule has 4 atom stereocenters. The smallest absolute Gasteiger partial charge is 0.227 e. The third-order valence-electron chi connectivity index (χ3n) is 8.30. The quantitative estimate of drug-likeness (QED) is 0.705. The molecule has 4 nitrogen and oxygen atoms in total. The Bertz CT molecular complexity index is 1000. The number of hydrogen-bond acceptors (Lipinski definition) is 2.